The molecule has 3 aromatic rings. The summed E-state index contributed by atoms with van der Waals surface area (Å²) in [5.41, 5.74) is 2.63. The molecule has 2 fully saturated rings. The lowest BCUT2D eigenvalue weighted by molar-refractivity contribution is -0.146. The SMILES string of the molecule is CC(C)(C)OC(=O)N1CCN(c2ccc(-c3c[nH]oc3=O)cc2)CC1.CCOC(=O)C(C=O)c1ccc(N2CCN(C(=O)OC(C)(C)C)CC2)cc1.NO. The molecule has 2 amide bonds. The van der Waals surface area contributed by atoms with Crippen molar-refractivity contribution in [2.75, 3.05) is 68.8 Å². The molecule has 0 radical (unpaired) electrons. The predicted octanol–water partition coefficient (Wildman–Crippen LogP) is 4.62. The molecule has 1 atom stereocenters. The van der Waals surface area contributed by atoms with Gasteiger partial charge in [-0.3, -0.25) is 4.79 Å². The normalized spacial score (nSPS) is 15.1. The van der Waals surface area contributed by atoms with Crippen LogP contribution in [0, 0.1) is 0 Å². The zero-order chi connectivity index (χ0) is 40.1. The summed E-state index contributed by atoms with van der Waals surface area (Å²) in [6, 6.07) is 15.1. The molecule has 2 aliphatic heterocycles. The van der Waals surface area contributed by atoms with Gasteiger partial charge in [-0.05, 0) is 83.9 Å². The Morgan fingerprint density at radius 1 is 0.778 bits per heavy atom. The van der Waals surface area contributed by atoms with Crippen LogP contribution in [0.25, 0.3) is 11.1 Å². The van der Waals surface area contributed by atoms with Gasteiger partial charge in [-0.15, -0.1) is 0 Å². The van der Waals surface area contributed by atoms with E-state index in [1.54, 1.807) is 35.1 Å². The fourth-order valence-corrected chi connectivity index (χ4v) is 5.65. The lowest BCUT2D eigenvalue weighted by Gasteiger charge is -2.36. The van der Waals surface area contributed by atoms with Gasteiger partial charge in [0, 0.05) is 63.7 Å². The number of nitrogens with one attached hydrogen (secondary N) is 1. The molecule has 4 N–H and O–H groups in total. The standard InChI is InChI=1S/C20H28N2O5.C18H23N3O4.H3NO/c1-5-26-18(24)17(14-23)15-6-8-16(9-7-15)21-10-12-22(13-11-21)19(25)27-20(2,3)4;1-18(2,3)24-17(23)21-10-8-20(9-11-21)14-6-4-13(5-7-14)15-12-19-25-16(15)22;1-2/h6-9,14,17H,5,10-13H2,1-4H3;4-7,12,19H,8-11H2,1-3H3;2H,1H2. The Hall–Kier alpha value is -5.35. The molecule has 5 rings (SSSR count). The molecule has 3 heterocycles. The number of nitrogens with zero attached hydrogens (tertiary/aromatic N) is 4. The minimum absolute atomic E-state index is 0.239. The fraction of sp³-hybridized carbons (Fsp3) is 0.500. The smallest absolute Gasteiger partial charge is 0.410 e. The van der Waals surface area contributed by atoms with Crippen LogP contribution >= 0.6 is 0 Å². The van der Waals surface area contributed by atoms with Crippen molar-refractivity contribution >= 4 is 35.8 Å². The Labute approximate surface area is 315 Å². The van der Waals surface area contributed by atoms with E-state index in [-0.39, 0.29) is 24.4 Å². The number of hydrogen-bond acceptors (Lipinski definition) is 13. The average Bonchev–Trinajstić information content (AvgIpc) is 3.58. The zero-order valence-corrected chi connectivity index (χ0v) is 32.2. The fourth-order valence-electron chi connectivity index (χ4n) is 5.65. The van der Waals surface area contributed by atoms with Gasteiger partial charge in [0.15, 0.2) is 0 Å². The summed E-state index contributed by atoms with van der Waals surface area (Å²) in [4.78, 5) is 66.7. The van der Waals surface area contributed by atoms with Crippen LogP contribution < -0.4 is 21.3 Å². The predicted molar refractivity (Wildman–Crippen MR) is 203 cm³/mol. The van der Waals surface area contributed by atoms with E-state index in [2.05, 4.69) is 20.9 Å². The van der Waals surface area contributed by atoms with Gasteiger partial charge in [0.05, 0.1) is 18.4 Å². The number of H-pyrrole nitrogens is 1. The molecular formula is C38H54N6O10. The van der Waals surface area contributed by atoms with Crippen molar-refractivity contribution in [3.05, 3.63) is 70.7 Å². The number of benzene rings is 2. The Balaban J connectivity index is 0.000000278. The molecular weight excluding hydrogens is 700 g/mol. The van der Waals surface area contributed by atoms with E-state index in [1.165, 1.54) is 0 Å². The molecule has 0 aliphatic carbocycles. The number of piperazine rings is 2. The molecule has 296 valence electrons. The van der Waals surface area contributed by atoms with E-state index in [4.69, 9.17) is 23.9 Å². The van der Waals surface area contributed by atoms with Crippen LogP contribution in [0.15, 0.2) is 64.0 Å². The van der Waals surface area contributed by atoms with Gasteiger partial charge in [-0.1, -0.05) is 24.3 Å². The van der Waals surface area contributed by atoms with Gasteiger partial charge < -0.3 is 48.3 Å². The van der Waals surface area contributed by atoms with E-state index in [0.29, 0.717) is 56.7 Å². The van der Waals surface area contributed by atoms with Gasteiger partial charge in [-0.25, -0.2) is 25.4 Å². The number of aldehydes is 1. The maximum absolute atomic E-state index is 12.1. The number of amides is 2. The van der Waals surface area contributed by atoms with E-state index >= 15 is 0 Å². The van der Waals surface area contributed by atoms with E-state index in [9.17, 15) is 24.0 Å². The number of carbonyl (C=O) groups is 4. The van der Waals surface area contributed by atoms with Gasteiger partial charge in [0.1, 0.15) is 23.4 Å². The topological polar surface area (TPSA) is 201 Å². The first-order chi connectivity index (χ1) is 25.6. The molecule has 0 saturated carbocycles. The average molecular weight is 755 g/mol. The second-order valence-corrected chi connectivity index (χ2v) is 14.5. The third-order valence-corrected chi connectivity index (χ3v) is 8.27. The van der Waals surface area contributed by atoms with Crippen molar-refractivity contribution < 1.29 is 43.1 Å². The third kappa shape index (κ3) is 12.7. The quantitative estimate of drug-likeness (QED) is 0.0993. The minimum atomic E-state index is -0.900. The maximum Gasteiger partial charge on any atom is 0.410 e. The molecule has 2 saturated heterocycles. The lowest BCUT2D eigenvalue weighted by atomic mass is 10.0. The molecule has 54 heavy (non-hydrogen) atoms. The summed E-state index contributed by atoms with van der Waals surface area (Å²) in [6.45, 7) is 18.4. The van der Waals surface area contributed by atoms with Crippen molar-refractivity contribution in [3.8, 4) is 11.1 Å². The Bertz CT molecular complexity index is 1690. The molecule has 16 heteroatoms. The van der Waals surface area contributed by atoms with Crippen molar-refractivity contribution in [3.63, 3.8) is 0 Å². The van der Waals surface area contributed by atoms with Crippen LogP contribution in [0.4, 0.5) is 21.0 Å². The van der Waals surface area contributed by atoms with Crippen LogP contribution in [-0.4, -0.2) is 115 Å². The number of nitrogens with two attached hydrogens (primary N) is 1. The first-order valence-electron chi connectivity index (χ1n) is 17.8. The number of aromatic amines is 1. The highest BCUT2D eigenvalue weighted by Gasteiger charge is 2.28. The largest absolute Gasteiger partial charge is 0.465 e. The maximum atomic E-state index is 12.1. The molecule has 0 bridgehead atoms. The monoisotopic (exact) mass is 754 g/mol. The number of hydrogen-bond donors (Lipinski definition) is 3. The van der Waals surface area contributed by atoms with Crippen molar-refractivity contribution in [1.29, 1.82) is 0 Å². The number of anilines is 2. The van der Waals surface area contributed by atoms with Crippen LogP contribution in [-0.2, 0) is 23.8 Å². The molecule has 1 unspecified atom stereocenters. The van der Waals surface area contributed by atoms with Crippen LogP contribution in [0.5, 0.6) is 0 Å². The summed E-state index contributed by atoms with van der Waals surface area (Å²) < 4.78 is 20.4. The first kappa shape index (κ1) is 43.1. The molecule has 2 aromatic carbocycles. The van der Waals surface area contributed by atoms with E-state index in [0.717, 1.165) is 30.0 Å². The summed E-state index contributed by atoms with van der Waals surface area (Å²) in [6.07, 6.45) is 1.60. The lowest BCUT2D eigenvalue weighted by Crippen LogP contribution is -2.50. The Kier molecular flexibility index (Phi) is 15.7. The summed E-state index contributed by atoms with van der Waals surface area (Å²) in [7, 11) is 0. The third-order valence-electron chi connectivity index (χ3n) is 8.27. The number of aromatic nitrogens is 1. The highest BCUT2D eigenvalue weighted by Crippen LogP contribution is 2.24. The van der Waals surface area contributed by atoms with Gasteiger partial charge in [-0.2, -0.15) is 0 Å². The van der Waals surface area contributed by atoms with E-state index in [1.807, 2.05) is 77.9 Å². The molecule has 2 aliphatic rings. The van der Waals surface area contributed by atoms with Crippen molar-refractivity contribution in [2.45, 2.75) is 65.6 Å². The van der Waals surface area contributed by atoms with Crippen molar-refractivity contribution in [1.82, 2.24) is 15.0 Å². The molecule has 0 spiro atoms. The van der Waals surface area contributed by atoms with Crippen LogP contribution in [0.3, 0.4) is 0 Å². The van der Waals surface area contributed by atoms with Crippen molar-refractivity contribution in [2.24, 2.45) is 5.90 Å². The van der Waals surface area contributed by atoms with Crippen LogP contribution in [0.1, 0.15) is 59.9 Å². The number of carbonyl (C=O) groups excluding carboxylic acids is 4. The summed E-state index contributed by atoms with van der Waals surface area (Å²) in [5, 5.41) is 8.96. The summed E-state index contributed by atoms with van der Waals surface area (Å²) in [5.74, 6) is 2.06. The molecule has 1 aromatic heterocycles. The highest BCUT2D eigenvalue weighted by molar-refractivity contribution is 5.94. The van der Waals surface area contributed by atoms with Gasteiger partial charge in [0.25, 0.3) is 0 Å². The van der Waals surface area contributed by atoms with Gasteiger partial charge >= 0.3 is 23.8 Å². The van der Waals surface area contributed by atoms with E-state index < -0.39 is 23.1 Å². The second-order valence-electron chi connectivity index (χ2n) is 14.5. The zero-order valence-electron chi connectivity index (χ0n) is 32.2. The number of ether oxygens (including phenoxy) is 3. The minimum Gasteiger partial charge on any atom is -0.465 e. The second kappa shape index (κ2) is 19.6. The molecule has 16 nitrogen and oxygen atoms in total. The Morgan fingerprint density at radius 2 is 1.20 bits per heavy atom. The van der Waals surface area contributed by atoms with Gasteiger partial charge in [0.2, 0.25) is 0 Å². The Morgan fingerprint density at radius 3 is 1.56 bits per heavy atom. The van der Waals surface area contributed by atoms with Crippen LogP contribution in [0.2, 0.25) is 0 Å². The number of esters is 1. The first-order valence-corrected chi connectivity index (χ1v) is 17.8. The summed E-state index contributed by atoms with van der Waals surface area (Å²) >= 11 is 0. The highest BCUT2D eigenvalue weighted by atomic mass is 16.6. The number of rotatable bonds is 7.